The maximum Gasteiger partial charge on any atom is 0.315 e. The van der Waals surface area contributed by atoms with E-state index in [9.17, 15) is 9.18 Å². The van der Waals surface area contributed by atoms with Crippen LogP contribution in [0.2, 0.25) is 0 Å². The molecule has 150 valence electrons. The van der Waals surface area contributed by atoms with E-state index < -0.39 is 0 Å². The molecule has 5 nitrogen and oxygen atoms in total. The largest absolute Gasteiger partial charge is 0.334 e. The number of nitrogens with one attached hydrogen (secondary N) is 2. The fourth-order valence-corrected chi connectivity index (χ4v) is 3.41. The number of urea groups is 1. The molecular weight excluding hydrogens is 355 g/mol. The summed E-state index contributed by atoms with van der Waals surface area (Å²) in [6, 6.07) is 14.2. The quantitative estimate of drug-likeness (QED) is 0.772. The second kappa shape index (κ2) is 10.2. The summed E-state index contributed by atoms with van der Waals surface area (Å²) in [5.74, 6) is -0.277. The molecule has 2 aromatic rings. The smallest absolute Gasteiger partial charge is 0.315 e. The summed E-state index contributed by atoms with van der Waals surface area (Å²) in [7, 11) is 0. The number of carbonyl (C=O) groups is 1. The van der Waals surface area contributed by atoms with E-state index in [0.29, 0.717) is 13.1 Å². The van der Waals surface area contributed by atoms with Gasteiger partial charge in [-0.25, -0.2) is 9.18 Å². The zero-order valence-electron chi connectivity index (χ0n) is 16.5. The summed E-state index contributed by atoms with van der Waals surface area (Å²) in [6.07, 6.45) is 0. The summed E-state index contributed by atoms with van der Waals surface area (Å²) in [6.45, 7) is 9.47. The minimum absolute atomic E-state index is 0.226. The number of piperazine rings is 1. The van der Waals surface area contributed by atoms with Gasteiger partial charge in [0.15, 0.2) is 0 Å². The van der Waals surface area contributed by atoms with Crippen LogP contribution in [0, 0.1) is 5.82 Å². The Hall–Kier alpha value is -2.44. The number of hydrogen-bond donors (Lipinski definition) is 2. The average molecular weight is 384 g/mol. The van der Waals surface area contributed by atoms with E-state index >= 15 is 0 Å². The van der Waals surface area contributed by atoms with Gasteiger partial charge in [0.1, 0.15) is 5.82 Å². The number of amides is 2. The Bertz CT molecular complexity index is 757. The number of hydrogen-bond acceptors (Lipinski definition) is 3. The lowest BCUT2D eigenvalue weighted by Gasteiger charge is -2.34. The maximum atomic E-state index is 12.9. The molecule has 1 fully saturated rings. The molecule has 2 N–H and O–H groups in total. The molecule has 3 rings (SSSR count). The molecule has 28 heavy (non-hydrogen) atoms. The van der Waals surface area contributed by atoms with Crippen LogP contribution in [-0.4, -0.2) is 48.6 Å². The van der Waals surface area contributed by atoms with Crippen molar-refractivity contribution in [1.82, 2.24) is 20.4 Å². The van der Waals surface area contributed by atoms with E-state index in [-0.39, 0.29) is 11.8 Å². The summed E-state index contributed by atoms with van der Waals surface area (Å²) in [5, 5.41) is 5.74. The van der Waals surface area contributed by atoms with Gasteiger partial charge in [0, 0.05) is 45.8 Å². The molecule has 1 heterocycles. The van der Waals surface area contributed by atoms with Gasteiger partial charge in [0.05, 0.1) is 0 Å². The van der Waals surface area contributed by atoms with Crippen LogP contribution >= 0.6 is 0 Å². The van der Waals surface area contributed by atoms with Gasteiger partial charge in [-0.2, -0.15) is 0 Å². The first-order chi connectivity index (χ1) is 13.6. The number of carbonyl (C=O) groups excluding carboxylic acids is 1. The van der Waals surface area contributed by atoms with Crippen molar-refractivity contribution in [2.45, 2.75) is 26.6 Å². The molecule has 1 aliphatic rings. The highest BCUT2D eigenvalue weighted by Crippen LogP contribution is 2.13. The predicted molar refractivity (Wildman–Crippen MR) is 109 cm³/mol. The van der Waals surface area contributed by atoms with Crippen LogP contribution in [-0.2, 0) is 19.6 Å². The molecule has 0 atom stereocenters. The summed E-state index contributed by atoms with van der Waals surface area (Å²) < 4.78 is 12.9. The van der Waals surface area contributed by atoms with Crippen LogP contribution in [0.15, 0.2) is 48.5 Å². The Kier molecular flexibility index (Phi) is 7.39. The monoisotopic (exact) mass is 384 g/mol. The Labute approximate surface area is 166 Å². The fraction of sp³-hybridized carbons (Fsp3) is 0.409. The molecule has 0 unspecified atom stereocenters. The molecule has 0 spiro atoms. The lowest BCUT2D eigenvalue weighted by molar-refractivity contribution is 0.131. The van der Waals surface area contributed by atoms with Gasteiger partial charge in [0.2, 0.25) is 0 Å². The SMILES string of the molecule is CCN1CCN(Cc2ccccc2CNC(=O)NCc2ccc(F)cc2)CC1. The second-order valence-corrected chi connectivity index (χ2v) is 7.14. The highest BCUT2D eigenvalue weighted by Gasteiger charge is 2.16. The highest BCUT2D eigenvalue weighted by atomic mass is 19.1. The fourth-order valence-electron chi connectivity index (χ4n) is 3.41. The average Bonchev–Trinajstić information content (AvgIpc) is 2.73. The third-order valence-corrected chi connectivity index (χ3v) is 5.23. The number of halogens is 1. The maximum absolute atomic E-state index is 12.9. The Balaban J connectivity index is 1.47. The van der Waals surface area contributed by atoms with Crippen LogP contribution in [0.25, 0.3) is 0 Å². The van der Waals surface area contributed by atoms with E-state index in [1.54, 1.807) is 12.1 Å². The van der Waals surface area contributed by atoms with Crippen molar-refractivity contribution in [2.75, 3.05) is 32.7 Å². The molecule has 1 saturated heterocycles. The minimum atomic E-state index is -0.277. The number of likely N-dealkylation sites (N-methyl/N-ethyl adjacent to an activating group) is 1. The summed E-state index contributed by atoms with van der Waals surface area (Å²) >= 11 is 0. The lowest BCUT2D eigenvalue weighted by Crippen LogP contribution is -2.45. The van der Waals surface area contributed by atoms with E-state index in [0.717, 1.165) is 50.4 Å². The van der Waals surface area contributed by atoms with E-state index in [2.05, 4.69) is 45.6 Å². The van der Waals surface area contributed by atoms with Crippen molar-refractivity contribution in [2.24, 2.45) is 0 Å². The van der Waals surface area contributed by atoms with Crippen LogP contribution in [0.1, 0.15) is 23.6 Å². The van der Waals surface area contributed by atoms with Crippen molar-refractivity contribution in [1.29, 1.82) is 0 Å². The Morgan fingerprint density at radius 3 is 2.18 bits per heavy atom. The van der Waals surface area contributed by atoms with Gasteiger partial charge < -0.3 is 15.5 Å². The van der Waals surface area contributed by atoms with Crippen LogP contribution in [0.5, 0.6) is 0 Å². The van der Waals surface area contributed by atoms with Crippen molar-refractivity contribution in [3.8, 4) is 0 Å². The van der Waals surface area contributed by atoms with Gasteiger partial charge in [-0.1, -0.05) is 43.3 Å². The first-order valence-corrected chi connectivity index (χ1v) is 9.91. The Morgan fingerprint density at radius 1 is 0.893 bits per heavy atom. The Morgan fingerprint density at radius 2 is 1.50 bits per heavy atom. The van der Waals surface area contributed by atoms with Crippen molar-refractivity contribution >= 4 is 6.03 Å². The van der Waals surface area contributed by atoms with E-state index in [1.165, 1.54) is 17.7 Å². The molecule has 0 aromatic heterocycles. The summed E-state index contributed by atoms with van der Waals surface area (Å²) in [5.41, 5.74) is 3.26. The van der Waals surface area contributed by atoms with Gasteiger partial charge in [0.25, 0.3) is 0 Å². The van der Waals surface area contributed by atoms with Crippen LogP contribution in [0.3, 0.4) is 0 Å². The molecule has 2 amide bonds. The minimum Gasteiger partial charge on any atom is -0.334 e. The number of rotatable bonds is 7. The third kappa shape index (κ3) is 6.04. The summed E-state index contributed by atoms with van der Waals surface area (Å²) in [4.78, 5) is 17.1. The molecule has 0 saturated carbocycles. The topological polar surface area (TPSA) is 47.6 Å². The van der Waals surface area contributed by atoms with Crippen LogP contribution in [0.4, 0.5) is 9.18 Å². The molecule has 1 aliphatic heterocycles. The van der Waals surface area contributed by atoms with Crippen molar-refractivity contribution in [3.63, 3.8) is 0 Å². The van der Waals surface area contributed by atoms with Crippen molar-refractivity contribution < 1.29 is 9.18 Å². The van der Waals surface area contributed by atoms with E-state index in [1.807, 2.05) is 6.07 Å². The zero-order chi connectivity index (χ0) is 19.8. The lowest BCUT2D eigenvalue weighted by atomic mass is 10.1. The van der Waals surface area contributed by atoms with Gasteiger partial charge >= 0.3 is 6.03 Å². The number of nitrogens with zero attached hydrogens (tertiary/aromatic N) is 2. The van der Waals surface area contributed by atoms with Gasteiger partial charge in [-0.15, -0.1) is 0 Å². The predicted octanol–water partition coefficient (Wildman–Crippen LogP) is 2.96. The molecule has 0 aliphatic carbocycles. The first kappa shape index (κ1) is 20.3. The molecular formula is C22H29FN4O. The molecule has 0 radical (unpaired) electrons. The molecule has 2 aromatic carbocycles. The van der Waals surface area contributed by atoms with Gasteiger partial charge in [-0.3, -0.25) is 4.90 Å². The second-order valence-electron chi connectivity index (χ2n) is 7.14. The van der Waals surface area contributed by atoms with Gasteiger partial charge in [-0.05, 0) is 35.4 Å². The van der Waals surface area contributed by atoms with E-state index in [4.69, 9.17) is 0 Å². The third-order valence-electron chi connectivity index (χ3n) is 5.23. The molecule has 0 bridgehead atoms. The number of benzene rings is 2. The standard InChI is InChI=1S/C22H29FN4O/c1-2-26-11-13-27(14-12-26)17-20-6-4-3-5-19(20)16-25-22(28)24-15-18-7-9-21(23)10-8-18/h3-10H,2,11-17H2,1H3,(H2,24,25,28). The van der Waals surface area contributed by atoms with Crippen molar-refractivity contribution in [3.05, 3.63) is 71.0 Å². The highest BCUT2D eigenvalue weighted by molar-refractivity contribution is 5.73. The normalized spacial score (nSPS) is 15.4. The van der Waals surface area contributed by atoms with Crippen LogP contribution < -0.4 is 10.6 Å². The first-order valence-electron chi connectivity index (χ1n) is 9.91. The zero-order valence-corrected chi connectivity index (χ0v) is 16.5. The molecule has 6 heteroatoms.